The molecule has 1 aromatic rings. The number of benzene rings is 1. The number of carboxylic acid groups (broad SMARTS) is 1. The third-order valence-electron chi connectivity index (χ3n) is 2.69. The second kappa shape index (κ2) is 7.14. The SMILES string of the molecule is Cc1ccc(Cl)c(OCC(=O)NC(C(=O)O)C(C)C)c1. The quantitative estimate of drug-likeness (QED) is 0.845. The molecule has 0 aliphatic rings. The lowest BCUT2D eigenvalue weighted by atomic mass is 10.1. The minimum atomic E-state index is -1.07. The van der Waals surface area contributed by atoms with Gasteiger partial charge in [0, 0.05) is 0 Å². The number of amides is 1. The summed E-state index contributed by atoms with van der Waals surface area (Å²) in [5.74, 6) is -1.37. The number of aliphatic carboxylic acids is 1. The van der Waals surface area contributed by atoms with Gasteiger partial charge in [0.1, 0.15) is 11.8 Å². The topological polar surface area (TPSA) is 75.6 Å². The van der Waals surface area contributed by atoms with Crippen molar-refractivity contribution in [3.63, 3.8) is 0 Å². The number of rotatable bonds is 6. The molecule has 0 saturated heterocycles. The Bertz CT molecular complexity index is 502. The van der Waals surface area contributed by atoms with Crippen molar-refractivity contribution in [2.24, 2.45) is 5.92 Å². The summed E-state index contributed by atoms with van der Waals surface area (Å²) in [6, 6.07) is 4.29. The van der Waals surface area contributed by atoms with E-state index in [0.717, 1.165) is 5.56 Å². The lowest BCUT2D eigenvalue weighted by molar-refractivity contribution is -0.143. The average molecular weight is 300 g/mol. The Kier molecular flexibility index (Phi) is 5.82. The van der Waals surface area contributed by atoms with E-state index in [0.29, 0.717) is 10.8 Å². The molecule has 2 N–H and O–H groups in total. The van der Waals surface area contributed by atoms with Gasteiger partial charge in [0.25, 0.3) is 5.91 Å². The normalized spacial score (nSPS) is 12.1. The van der Waals surface area contributed by atoms with Gasteiger partial charge in [-0.1, -0.05) is 31.5 Å². The zero-order valence-corrected chi connectivity index (χ0v) is 12.4. The van der Waals surface area contributed by atoms with Gasteiger partial charge in [-0.2, -0.15) is 0 Å². The highest BCUT2D eigenvalue weighted by molar-refractivity contribution is 6.32. The molecule has 1 unspecified atom stereocenters. The van der Waals surface area contributed by atoms with Crippen molar-refractivity contribution in [2.75, 3.05) is 6.61 Å². The molecule has 110 valence electrons. The number of carbonyl (C=O) groups excluding carboxylic acids is 1. The summed E-state index contributed by atoms with van der Waals surface area (Å²) in [6.45, 7) is 5.04. The minimum Gasteiger partial charge on any atom is -0.482 e. The maximum Gasteiger partial charge on any atom is 0.326 e. The summed E-state index contributed by atoms with van der Waals surface area (Å²) in [5.41, 5.74) is 0.954. The van der Waals surface area contributed by atoms with Crippen molar-refractivity contribution in [3.05, 3.63) is 28.8 Å². The van der Waals surface area contributed by atoms with E-state index in [2.05, 4.69) is 5.32 Å². The van der Waals surface area contributed by atoms with Crippen LogP contribution in [0, 0.1) is 12.8 Å². The highest BCUT2D eigenvalue weighted by Gasteiger charge is 2.23. The van der Waals surface area contributed by atoms with Crippen molar-refractivity contribution in [3.8, 4) is 5.75 Å². The van der Waals surface area contributed by atoms with Crippen LogP contribution in [0.5, 0.6) is 5.75 Å². The molecule has 1 rings (SSSR count). The third kappa shape index (κ3) is 4.74. The summed E-state index contributed by atoms with van der Waals surface area (Å²) in [7, 11) is 0. The van der Waals surface area contributed by atoms with Crippen LogP contribution < -0.4 is 10.1 Å². The van der Waals surface area contributed by atoms with Crippen LogP contribution in [-0.4, -0.2) is 29.6 Å². The van der Waals surface area contributed by atoms with E-state index in [4.69, 9.17) is 21.4 Å². The van der Waals surface area contributed by atoms with E-state index in [1.807, 2.05) is 13.0 Å². The van der Waals surface area contributed by atoms with Crippen LogP contribution >= 0.6 is 11.6 Å². The molecule has 0 radical (unpaired) electrons. The highest BCUT2D eigenvalue weighted by Crippen LogP contribution is 2.25. The Labute approximate surface area is 122 Å². The van der Waals surface area contributed by atoms with E-state index in [1.165, 1.54) is 0 Å². The second-order valence-electron chi connectivity index (χ2n) is 4.85. The van der Waals surface area contributed by atoms with E-state index in [9.17, 15) is 9.59 Å². The molecule has 0 saturated carbocycles. The number of nitrogens with one attached hydrogen (secondary N) is 1. The Morgan fingerprint density at radius 1 is 1.40 bits per heavy atom. The molecule has 0 spiro atoms. The van der Waals surface area contributed by atoms with Crippen molar-refractivity contribution < 1.29 is 19.4 Å². The van der Waals surface area contributed by atoms with Crippen LogP contribution in [0.2, 0.25) is 5.02 Å². The average Bonchev–Trinajstić information content (AvgIpc) is 2.36. The lowest BCUT2D eigenvalue weighted by Crippen LogP contribution is -2.46. The lowest BCUT2D eigenvalue weighted by Gasteiger charge is -2.18. The number of hydrogen-bond donors (Lipinski definition) is 2. The summed E-state index contributed by atoms with van der Waals surface area (Å²) < 4.78 is 5.30. The first kappa shape index (κ1) is 16.3. The molecule has 5 nitrogen and oxygen atoms in total. The van der Waals surface area contributed by atoms with Gasteiger partial charge in [0.05, 0.1) is 5.02 Å². The van der Waals surface area contributed by atoms with Gasteiger partial charge in [0.2, 0.25) is 0 Å². The predicted octanol–water partition coefficient (Wildman–Crippen LogP) is 2.25. The van der Waals surface area contributed by atoms with Crippen LogP contribution in [0.25, 0.3) is 0 Å². The predicted molar refractivity (Wildman–Crippen MR) is 76.1 cm³/mol. The smallest absolute Gasteiger partial charge is 0.326 e. The fraction of sp³-hybridized carbons (Fsp3) is 0.429. The number of carboxylic acids is 1. The molecule has 0 aliphatic heterocycles. The first-order valence-corrected chi connectivity index (χ1v) is 6.60. The maximum atomic E-state index is 11.7. The van der Waals surface area contributed by atoms with Gasteiger partial charge in [-0.3, -0.25) is 4.79 Å². The Hall–Kier alpha value is -1.75. The third-order valence-corrected chi connectivity index (χ3v) is 3.01. The fourth-order valence-electron chi connectivity index (χ4n) is 1.59. The van der Waals surface area contributed by atoms with Gasteiger partial charge in [-0.25, -0.2) is 4.79 Å². The summed E-state index contributed by atoms with van der Waals surface area (Å²) >= 11 is 5.94. The molecule has 0 fully saturated rings. The molecule has 1 amide bonds. The van der Waals surface area contributed by atoms with Gasteiger partial charge in [-0.15, -0.1) is 0 Å². The summed E-state index contributed by atoms with van der Waals surface area (Å²) in [5, 5.41) is 11.8. The van der Waals surface area contributed by atoms with E-state index in [1.54, 1.807) is 26.0 Å². The first-order valence-electron chi connectivity index (χ1n) is 6.22. The van der Waals surface area contributed by atoms with Crippen molar-refractivity contribution >= 4 is 23.5 Å². The van der Waals surface area contributed by atoms with Crippen molar-refractivity contribution in [1.29, 1.82) is 0 Å². The monoisotopic (exact) mass is 299 g/mol. The van der Waals surface area contributed by atoms with Gasteiger partial charge in [-0.05, 0) is 30.5 Å². The Morgan fingerprint density at radius 3 is 2.60 bits per heavy atom. The number of halogens is 1. The zero-order valence-electron chi connectivity index (χ0n) is 11.6. The van der Waals surface area contributed by atoms with Gasteiger partial charge >= 0.3 is 5.97 Å². The molecular formula is C14H18ClNO4. The molecule has 1 aromatic carbocycles. The van der Waals surface area contributed by atoms with Crippen molar-refractivity contribution in [1.82, 2.24) is 5.32 Å². The van der Waals surface area contributed by atoms with E-state index in [-0.39, 0.29) is 12.5 Å². The van der Waals surface area contributed by atoms with E-state index < -0.39 is 17.9 Å². The highest BCUT2D eigenvalue weighted by atomic mass is 35.5. The number of aryl methyl sites for hydroxylation is 1. The van der Waals surface area contributed by atoms with Crippen LogP contribution in [0.15, 0.2) is 18.2 Å². The molecule has 0 aromatic heterocycles. The number of carbonyl (C=O) groups is 2. The zero-order chi connectivity index (χ0) is 15.3. The fourth-order valence-corrected chi connectivity index (χ4v) is 1.77. The van der Waals surface area contributed by atoms with E-state index >= 15 is 0 Å². The molecule has 20 heavy (non-hydrogen) atoms. The van der Waals surface area contributed by atoms with Crippen LogP contribution in [0.3, 0.4) is 0 Å². The van der Waals surface area contributed by atoms with Crippen LogP contribution in [0.1, 0.15) is 19.4 Å². The summed E-state index contributed by atoms with van der Waals surface area (Å²) in [4.78, 5) is 22.7. The maximum absolute atomic E-state index is 11.7. The minimum absolute atomic E-state index is 0.209. The van der Waals surface area contributed by atoms with Crippen LogP contribution in [-0.2, 0) is 9.59 Å². The number of hydrogen-bond acceptors (Lipinski definition) is 3. The van der Waals surface area contributed by atoms with Crippen molar-refractivity contribution in [2.45, 2.75) is 26.8 Å². The molecule has 0 bridgehead atoms. The molecule has 6 heteroatoms. The largest absolute Gasteiger partial charge is 0.482 e. The standard InChI is InChI=1S/C14H18ClNO4/c1-8(2)13(14(18)19)16-12(17)7-20-11-6-9(3)4-5-10(11)15/h4-6,8,13H,7H2,1-3H3,(H,16,17)(H,18,19). The van der Waals surface area contributed by atoms with Gasteiger partial charge in [0.15, 0.2) is 6.61 Å². The molecular weight excluding hydrogens is 282 g/mol. The summed E-state index contributed by atoms with van der Waals surface area (Å²) in [6.07, 6.45) is 0. The Morgan fingerprint density at radius 2 is 2.05 bits per heavy atom. The Balaban J connectivity index is 2.59. The van der Waals surface area contributed by atoms with Crippen LogP contribution in [0.4, 0.5) is 0 Å². The molecule has 1 atom stereocenters. The van der Waals surface area contributed by atoms with Gasteiger partial charge < -0.3 is 15.2 Å². The molecule has 0 aliphatic carbocycles. The second-order valence-corrected chi connectivity index (χ2v) is 5.26. The molecule has 0 heterocycles. The number of ether oxygens (including phenoxy) is 1. The first-order chi connectivity index (χ1) is 9.31.